The quantitative estimate of drug-likeness (QED) is 0.654. The molecule has 1 aliphatic heterocycles. The number of rotatable bonds is 4. The van der Waals surface area contributed by atoms with E-state index >= 15 is 0 Å². The van der Waals surface area contributed by atoms with Crippen molar-refractivity contribution in [2.24, 2.45) is 0 Å². The van der Waals surface area contributed by atoms with Crippen molar-refractivity contribution < 1.29 is 4.74 Å². The monoisotopic (exact) mass is 186 g/mol. The van der Waals surface area contributed by atoms with E-state index < -0.39 is 0 Å². The molecule has 0 aliphatic carbocycles. The zero-order chi connectivity index (χ0) is 9.68. The van der Waals surface area contributed by atoms with Crippen molar-refractivity contribution in [2.75, 3.05) is 32.7 Å². The van der Waals surface area contributed by atoms with E-state index in [1.165, 1.54) is 0 Å². The van der Waals surface area contributed by atoms with Gasteiger partial charge in [-0.3, -0.25) is 4.90 Å². The number of ether oxygens (including phenoxy) is 1. The van der Waals surface area contributed by atoms with Gasteiger partial charge < -0.3 is 10.1 Å². The summed E-state index contributed by atoms with van der Waals surface area (Å²) < 4.78 is 5.66. The molecule has 3 heteroatoms. The minimum absolute atomic E-state index is 0.394. The molecule has 0 spiro atoms. The van der Waals surface area contributed by atoms with Gasteiger partial charge >= 0.3 is 0 Å². The Morgan fingerprint density at radius 3 is 2.46 bits per heavy atom. The molecule has 0 aromatic heterocycles. The summed E-state index contributed by atoms with van der Waals surface area (Å²) in [5, 5.41) is 3.34. The first-order chi connectivity index (χ1) is 6.22. The molecule has 1 heterocycles. The maximum Gasteiger partial charge on any atom is 0.0678 e. The summed E-state index contributed by atoms with van der Waals surface area (Å²) in [6, 6.07) is 0. The molecule has 3 nitrogen and oxygen atoms in total. The van der Waals surface area contributed by atoms with Gasteiger partial charge in [-0.2, -0.15) is 0 Å². The summed E-state index contributed by atoms with van der Waals surface area (Å²) in [5.41, 5.74) is 0. The number of morpholine rings is 1. The molecule has 1 N–H and O–H groups in total. The lowest BCUT2D eigenvalue weighted by Gasteiger charge is -2.35. The molecule has 1 unspecified atom stereocenters. The molecule has 2 atom stereocenters. The van der Waals surface area contributed by atoms with Gasteiger partial charge in [0.1, 0.15) is 0 Å². The van der Waals surface area contributed by atoms with Gasteiger partial charge in [-0.1, -0.05) is 6.92 Å². The van der Waals surface area contributed by atoms with E-state index in [2.05, 4.69) is 31.0 Å². The Hall–Kier alpha value is -0.120. The Bertz CT molecular complexity index is 131. The van der Waals surface area contributed by atoms with Gasteiger partial charge in [0.2, 0.25) is 0 Å². The van der Waals surface area contributed by atoms with Crippen molar-refractivity contribution in [2.45, 2.75) is 33.0 Å². The molecule has 0 aromatic carbocycles. The normalized spacial score (nSPS) is 30.7. The highest BCUT2D eigenvalue weighted by Crippen LogP contribution is 2.09. The Kier molecular flexibility index (Phi) is 4.70. The van der Waals surface area contributed by atoms with Crippen LogP contribution in [0, 0.1) is 0 Å². The third kappa shape index (κ3) is 4.07. The van der Waals surface area contributed by atoms with Crippen LogP contribution in [0.5, 0.6) is 0 Å². The van der Waals surface area contributed by atoms with Gasteiger partial charge in [0.25, 0.3) is 0 Å². The fourth-order valence-corrected chi connectivity index (χ4v) is 1.88. The predicted octanol–water partition coefficient (Wildman–Crippen LogP) is 0.705. The molecule has 0 radical (unpaired) electrons. The topological polar surface area (TPSA) is 24.5 Å². The van der Waals surface area contributed by atoms with Crippen LogP contribution < -0.4 is 5.32 Å². The molecule has 78 valence electrons. The molecular formula is C10H22N2O. The fraction of sp³-hybridized carbons (Fsp3) is 1.00. The van der Waals surface area contributed by atoms with Crippen LogP contribution in [0.3, 0.4) is 0 Å². The Morgan fingerprint density at radius 1 is 1.31 bits per heavy atom. The first-order valence-electron chi connectivity index (χ1n) is 5.31. The molecule has 0 aromatic rings. The summed E-state index contributed by atoms with van der Waals surface area (Å²) in [4.78, 5) is 2.47. The summed E-state index contributed by atoms with van der Waals surface area (Å²) in [5.74, 6) is 0. The Morgan fingerprint density at radius 2 is 1.92 bits per heavy atom. The van der Waals surface area contributed by atoms with E-state index in [9.17, 15) is 0 Å². The van der Waals surface area contributed by atoms with Crippen LogP contribution in [-0.4, -0.2) is 49.8 Å². The van der Waals surface area contributed by atoms with Gasteiger partial charge in [-0.05, 0) is 20.4 Å². The standard InChI is InChI=1S/C10H22N2O/c1-4-11-5-6-12-7-9(2)13-10(3)8-12/h9-11H,4-8H2,1-3H3/t9-,10?/m1/s1. The van der Waals surface area contributed by atoms with Crippen LogP contribution in [0.25, 0.3) is 0 Å². The second kappa shape index (κ2) is 5.58. The lowest BCUT2D eigenvalue weighted by atomic mass is 10.2. The van der Waals surface area contributed by atoms with E-state index in [0.29, 0.717) is 12.2 Å². The third-order valence-corrected chi connectivity index (χ3v) is 2.35. The molecule has 0 amide bonds. The average Bonchev–Trinajstić information content (AvgIpc) is 2.03. The van der Waals surface area contributed by atoms with Crippen molar-refractivity contribution in [3.05, 3.63) is 0 Å². The van der Waals surface area contributed by atoms with Crippen LogP contribution in [-0.2, 0) is 4.74 Å². The second-order valence-electron chi connectivity index (χ2n) is 3.87. The van der Waals surface area contributed by atoms with Crippen molar-refractivity contribution in [1.82, 2.24) is 10.2 Å². The lowest BCUT2D eigenvalue weighted by Crippen LogP contribution is -2.47. The minimum atomic E-state index is 0.394. The number of nitrogens with zero attached hydrogens (tertiary/aromatic N) is 1. The molecule has 1 fully saturated rings. The van der Waals surface area contributed by atoms with Gasteiger partial charge in [0.05, 0.1) is 12.2 Å². The highest BCUT2D eigenvalue weighted by molar-refractivity contribution is 4.73. The van der Waals surface area contributed by atoms with E-state index in [-0.39, 0.29) is 0 Å². The fourth-order valence-electron chi connectivity index (χ4n) is 1.88. The zero-order valence-electron chi connectivity index (χ0n) is 9.05. The SMILES string of the molecule is CCNCCN1CC(C)O[C@H](C)C1. The first-order valence-corrected chi connectivity index (χ1v) is 5.31. The molecule has 1 aliphatic rings. The average molecular weight is 186 g/mol. The van der Waals surface area contributed by atoms with E-state index in [1.54, 1.807) is 0 Å². The number of nitrogens with one attached hydrogen (secondary N) is 1. The van der Waals surface area contributed by atoms with Crippen LogP contribution >= 0.6 is 0 Å². The molecule has 0 saturated carbocycles. The Balaban J connectivity index is 2.17. The third-order valence-electron chi connectivity index (χ3n) is 2.35. The highest BCUT2D eigenvalue weighted by Gasteiger charge is 2.21. The second-order valence-corrected chi connectivity index (χ2v) is 3.87. The van der Waals surface area contributed by atoms with Crippen molar-refractivity contribution >= 4 is 0 Å². The van der Waals surface area contributed by atoms with Crippen molar-refractivity contribution in [3.8, 4) is 0 Å². The van der Waals surface area contributed by atoms with E-state index in [1.807, 2.05) is 0 Å². The lowest BCUT2D eigenvalue weighted by molar-refractivity contribution is -0.0673. The Labute approximate surface area is 81.4 Å². The maximum absolute atomic E-state index is 5.66. The zero-order valence-corrected chi connectivity index (χ0v) is 9.05. The molecule has 0 bridgehead atoms. The molecule has 13 heavy (non-hydrogen) atoms. The van der Waals surface area contributed by atoms with Gasteiger partial charge in [0, 0.05) is 26.2 Å². The summed E-state index contributed by atoms with van der Waals surface area (Å²) in [6.45, 7) is 11.9. The van der Waals surface area contributed by atoms with Crippen molar-refractivity contribution in [1.29, 1.82) is 0 Å². The van der Waals surface area contributed by atoms with Gasteiger partial charge in [0.15, 0.2) is 0 Å². The number of likely N-dealkylation sites (N-methyl/N-ethyl adjacent to an activating group) is 1. The molecular weight excluding hydrogens is 164 g/mol. The summed E-state index contributed by atoms with van der Waals surface area (Å²) in [6.07, 6.45) is 0.788. The van der Waals surface area contributed by atoms with Crippen LogP contribution in [0.15, 0.2) is 0 Å². The predicted molar refractivity (Wildman–Crippen MR) is 55.0 cm³/mol. The smallest absolute Gasteiger partial charge is 0.0678 e. The summed E-state index contributed by atoms with van der Waals surface area (Å²) in [7, 11) is 0. The molecule has 1 saturated heterocycles. The minimum Gasteiger partial charge on any atom is -0.373 e. The summed E-state index contributed by atoms with van der Waals surface area (Å²) >= 11 is 0. The van der Waals surface area contributed by atoms with Crippen LogP contribution in [0.4, 0.5) is 0 Å². The van der Waals surface area contributed by atoms with Gasteiger partial charge in [-0.15, -0.1) is 0 Å². The maximum atomic E-state index is 5.66. The van der Waals surface area contributed by atoms with E-state index in [4.69, 9.17) is 4.74 Å². The first kappa shape index (κ1) is 11.0. The highest BCUT2D eigenvalue weighted by atomic mass is 16.5. The van der Waals surface area contributed by atoms with Crippen LogP contribution in [0.2, 0.25) is 0 Å². The number of hydrogen-bond acceptors (Lipinski definition) is 3. The molecule has 1 rings (SSSR count). The number of hydrogen-bond donors (Lipinski definition) is 1. The van der Waals surface area contributed by atoms with Gasteiger partial charge in [-0.25, -0.2) is 0 Å². The van der Waals surface area contributed by atoms with Crippen molar-refractivity contribution in [3.63, 3.8) is 0 Å². The van der Waals surface area contributed by atoms with Crippen LogP contribution in [0.1, 0.15) is 20.8 Å². The largest absolute Gasteiger partial charge is 0.373 e. The van der Waals surface area contributed by atoms with E-state index in [0.717, 1.165) is 32.7 Å².